The maximum atomic E-state index is 11.7. The Morgan fingerprint density at radius 3 is 2.50 bits per heavy atom. The molecule has 1 fully saturated rings. The van der Waals surface area contributed by atoms with E-state index in [0.29, 0.717) is 13.0 Å². The van der Waals surface area contributed by atoms with Crippen LogP contribution in [0.5, 0.6) is 0 Å². The molecule has 0 atom stereocenters. The van der Waals surface area contributed by atoms with Gasteiger partial charge in [0.15, 0.2) is 0 Å². The third-order valence-corrected chi connectivity index (χ3v) is 3.17. The number of nitrogens with one attached hydrogen (secondary N) is 1. The van der Waals surface area contributed by atoms with Crippen LogP contribution in [0.3, 0.4) is 0 Å². The Bertz CT molecular complexity index is 261. The molecule has 16 heavy (non-hydrogen) atoms. The molecule has 3 nitrogen and oxygen atoms in total. The smallest absolute Gasteiger partial charge is 0.222 e. The molecule has 3 N–H and O–H groups in total. The zero-order chi connectivity index (χ0) is 12.0. The first-order chi connectivity index (χ1) is 7.52. The van der Waals surface area contributed by atoms with Crippen LogP contribution >= 0.6 is 0 Å². The maximum absolute atomic E-state index is 11.7. The Hall–Kier alpha value is -0.830. The van der Waals surface area contributed by atoms with Crippen molar-refractivity contribution in [2.24, 2.45) is 5.73 Å². The van der Waals surface area contributed by atoms with Crippen molar-refractivity contribution in [2.75, 3.05) is 6.54 Å². The van der Waals surface area contributed by atoms with Crippen molar-refractivity contribution in [3.63, 3.8) is 0 Å². The van der Waals surface area contributed by atoms with Gasteiger partial charge in [-0.2, -0.15) is 0 Å². The van der Waals surface area contributed by atoms with Crippen molar-refractivity contribution in [1.29, 1.82) is 0 Å². The molecule has 1 aliphatic rings. The summed E-state index contributed by atoms with van der Waals surface area (Å²) >= 11 is 0. The molecule has 0 saturated heterocycles. The highest BCUT2D eigenvalue weighted by Crippen LogP contribution is 2.28. The zero-order valence-corrected chi connectivity index (χ0v) is 10.5. The minimum atomic E-state index is -0.243. The third-order valence-electron chi connectivity index (χ3n) is 3.17. The van der Waals surface area contributed by atoms with E-state index in [9.17, 15) is 4.79 Å². The number of rotatable bonds is 4. The minimum absolute atomic E-state index is 0.0851. The van der Waals surface area contributed by atoms with Crippen LogP contribution in [0.25, 0.3) is 0 Å². The van der Waals surface area contributed by atoms with Gasteiger partial charge in [0.05, 0.1) is 0 Å². The quantitative estimate of drug-likeness (QED) is 0.719. The minimum Gasteiger partial charge on any atom is -0.353 e. The highest BCUT2D eigenvalue weighted by Gasteiger charge is 2.29. The second-order valence-corrected chi connectivity index (χ2v) is 5.19. The summed E-state index contributed by atoms with van der Waals surface area (Å²) in [6.45, 7) is 4.67. The number of hydrogen-bond donors (Lipinski definition) is 2. The second-order valence-electron chi connectivity index (χ2n) is 5.19. The standard InChI is InChI=1S/C13H24N2O/c1-11(2)6-9-15-12(16)10-13(14)7-4-3-5-8-13/h6H,3-5,7-10,14H2,1-2H3,(H,15,16). The third kappa shape index (κ3) is 4.79. The topological polar surface area (TPSA) is 55.1 Å². The van der Waals surface area contributed by atoms with E-state index in [0.717, 1.165) is 25.7 Å². The molecule has 3 heteroatoms. The molecule has 0 spiro atoms. The highest BCUT2D eigenvalue weighted by atomic mass is 16.1. The maximum Gasteiger partial charge on any atom is 0.222 e. The average molecular weight is 224 g/mol. The van der Waals surface area contributed by atoms with Crippen LogP contribution < -0.4 is 11.1 Å². The molecular weight excluding hydrogens is 200 g/mol. The molecule has 1 rings (SSSR count). The summed E-state index contributed by atoms with van der Waals surface area (Å²) < 4.78 is 0. The monoisotopic (exact) mass is 224 g/mol. The van der Waals surface area contributed by atoms with Crippen LogP contribution in [0.1, 0.15) is 52.4 Å². The number of amides is 1. The van der Waals surface area contributed by atoms with Gasteiger partial charge in [-0.05, 0) is 26.7 Å². The van der Waals surface area contributed by atoms with E-state index >= 15 is 0 Å². The van der Waals surface area contributed by atoms with E-state index in [1.165, 1.54) is 12.0 Å². The lowest BCUT2D eigenvalue weighted by Gasteiger charge is -2.32. The van der Waals surface area contributed by atoms with Gasteiger partial charge < -0.3 is 11.1 Å². The van der Waals surface area contributed by atoms with Crippen LogP contribution in [-0.4, -0.2) is 18.0 Å². The van der Waals surface area contributed by atoms with Crippen molar-refractivity contribution in [3.05, 3.63) is 11.6 Å². The summed E-state index contributed by atoms with van der Waals surface area (Å²) in [6.07, 6.45) is 8.06. The molecule has 0 heterocycles. The Labute approximate surface area is 98.5 Å². The van der Waals surface area contributed by atoms with Gasteiger partial charge in [-0.3, -0.25) is 4.79 Å². The Kier molecular flexibility index (Phi) is 5.00. The molecule has 0 aliphatic heterocycles. The number of hydrogen-bond acceptors (Lipinski definition) is 2. The van der Waals surface area contributed by atoms with Gasteiger partial charge in [0.2, 0.25) is 5.91 Å². The Balaban J connectivity index is 2.30. The first kappa shape index (κ1) is 13.2. The number of nitrogens with two attached hydrogens (primary N) is 1. The van der Waals surface area contributed by atoms with E-state index in [1.807, 2.05) is 19.9 Å². The van der Waals surface area contributed by atoms with E-state index < -0.39 is 0 Å². The van der Waals surface area contributed by atoms with Gasteiger partial charge in [0.25, 0.3) is 0 Å². The van der Waals surface area contributed by atoms with Crippen molar-refractivity contribution in [2.45, 2.75) is 57.9 Å². The van der Waals surface area contributed by atoms with Gasteiger partial charge in [-0.25, -0.2) is 0 Å². The first-order valence-corrected chi connectivity index (χ1v) is 6.21. The van der Waals surface area contributed by atoms with Gasteiger partial charge in [-0.15, -0.1) is 0 Å². The largest absolute Gasteiger partial charge is 0.353 e. The fourth-order valence-corrected chi connectivity index (χ4v) is 2.18. The molecule has 1 aliphatic carbocycles. The van der Waals surface area contributed by atoms with Gasteiger partial charge in [0.1, 0.15) is 0 Å². The van der Waals surface area contributed by atoms with E-state index in [1.54, 1.807) is 0 Å². The predicted octanol–water partition coefficient (Wildman–Crippen LogP) is 2.12. The van der Waals surface area contributed by atoms with Crippen LogP contribution in [0, 0.1) is 0 Å². The molecule has 0 aromatic heterocycles. The van der Waals surface area contributed by atoms with Crippen LogP contribution in [-0.2, 0) is 4.79 Å². The molecular formula is C13H24N2O. The van der Waals surface area contributed by atoms with Crippen molar-refractivity contribution >= 4 is 5.91 Å². The fourth-order valence-electron chi connectivity index (χ4n) is 2.18. The SMILES string of the molecule is CC(C)=CCNC(=O)CC1(N)CCCCC1. The van der Waals surface area contributed by atoms with Gasteiger partial charge >= 0.3 is 0 Å². The normalized spacial score (nSPS) is 18.9. The average Bonchev–Trinajstić information content (AvgIpc) is 2.17. The van der Waals surface area contributed by atoms with Crippen LogP contribution in [0.15, 0.2) is 11.6 Å². The van der Waals surface area contributed by atoms with Crippen molar-refractivity contribution in [3.8, 4) is 0 Å². The summed E-state index contributed by atoms with van der Waals surface area (Å²) in [6, 6.07) is 0. The summed E-state index contributed by atoms with van der Waals surface area (Å²) in [4.78, 5) is 11.7. The Morgan fingerprint density at radius 1 is 1.31 bits per heavy atom. The lowest BCUT2D eigenvalue weighted by molar-refractivity contribution is -0.122. The molecule has 0 aromatic carbocycles. The molecule has 92 valence electrons. The van der Waals surface area contributed by atoms with Crippen molar-refractivity contribution in [1.82, 2.24) is 5.32 Å². The van der Waals surface area contributed by atoms with Crippen LogP contribution in [0.4, 0.5) is 0 Å². The summed E-state index contributed by atoms with van der Waals surface area (Å²) in [5.74, 6) is 0.0851. The summed E-state index contributed by atoms with van der Waals surface area (Å²) in [5.41, 5.74) is 7.20. The molecule has 0 aromatic rings. The lowest BCUT2D eigenvalue weighted by atomic mass is 9.80. The first-order valence-electron chi connectivity index (χ1n) is 6.21. The zero-order valence-electron chi connectivity index (χ0n) is 10.5. The Morgan fingerprint density at radius 2 is 1.94 bits per heavy atom. The summed E-state index contributed by atoms with van der Waals surface area (Å²) in [5, 5.41) is 2.89. The molecule has 1 amide bonds. The van der Waals surface area contributed by atoms with Gasteiger partial charge in [0, 0.05) is 18.5 Å². The molecule has 0 bridgehead atoms. The van der Waals surface area contributed by atoms with E-state index in [4.69, 9.17) is 5.73 Å². The molecule has 0 unspecified atom stereocenters. The van der Waals surface area contributed by atoms with E-state index in [2.05, 4.69) is 5.32 Å². The lowest BCUT2D eigenvalue weighted by Crippen LogP contribution is -2.46. The fraction of sp³-hybridized carbons (Fsp3) is 0.769. The van der Waals surface area contributed by atoms with Crippen molar-refractivity contribution < 1.29 is 4.79 Å². The number of carbonyl (C=O) groups excluding carboxylic acids is 1. The summed E-state index contributed by atoms with van der Waals surface area (Å²) in [7, 11) is 0. The van der Waals surface area contributed by atoms with E-state index in [-0.39, 0.29) is 11.4 Å². The molecule has 0 radical (unpaired) electrons. The van der Waals surface area contributed by atoms with Gasteiger partial charge in [-0.1, -0.05) is 30.9 Å². The molecule has 1 saturated carbocycles. The second kappa shape index (κ2) is 6.04. The van der Waals surface area contributed by atoms with Crippen LogP contribution in [0.2, 0.25) is 0 Å². The highest BCUT2D eigenvalue weighted by molar-refractivity contribution is 5.77. The number of allylic oxidation sites excluding steroid dienone is 1. The predicted molar refractivity (Wildman–Crippen MR) is 67.1 cm³/mol. The number of carbonyl (C=O) groups is 1.